The van der Waals surface area contributed by atoms with E-state index in [2.05, 4.69) is 11.5 Å². The van der Waals surface area contributed by atoms with Crippen molar-refractivity contribution >= 4 is 16.4 Å². The molecule has 1 unspecified atom stereocenters. The van der Waals surface area contributed by atoms with Gasteiger partial charge in [0.2, 0.25) is 16.7 Å². The molecule has 0 saturated carbocycles. The van der Waals surface area contributed by atoms with Crippen molar-refractivity contribution in [3.8, 4) is 0 Å². The third-order valence-electron chi connectivity index (χ3n) is 4.29. The fourth-order valence-corrected chi connectivity index (χ4v) is 2.68. The van der Waals surface area contributed by atoms with E-state index in [1.54, 1.807) is 11.5 Å². The summed E-state index contributed by atoms with van der Waals surface area (Å²) in [4.78, 5) is 10.9. The zero-order chi connectivity index (χ0) is 20.7. The molecular weight excluding hydrogens is 372 g/mol. The number of nitrogens with zero attached hydrogens (tertiary/aromatic N) is 2. The summed E-state index contributed by atoms with van der Waals surface area (Å²) in [6, 6.07) is -0.492. The normalized spacial score (nSPS) is 12.3. The van der Waals surface area contributed by atoms with Gasteiger partial charge in [-0.3, -0.25) is 4.55 Å². The lowest BCUT2D eigenvalue weighted by atomic mass is 10.1. The Bertz CT molecular complexity index is 607. The Balaban J connectivity index is 0.00000119. The number of carboxylic acids is 1. The second-order valence-corrected chi connectivity index (χ2v) is 7.58. The van der Waals surface area contributed by atoms with Crippen LogP contribution >= 0.6 is 0 Å². The molecule has 0 saturated heterocycles. The molecule has 1 rings (SSSR count). The zero-order valence-corrected chi connectivity index (χ0v) is 17.2. The number of aromatic nitrogens is 2. The maximum atomic E-state index is 10.9. The first kappa shape index (κ1) is 25.6. The van der Waals surface area contributed by atoms with Crippen molar-refractivity contribution in [1.82, 2.24) is 4.57 Å². The lowest BCUT2D eigenvalue weighted by Crippen LogP contribution is -2.31. The highest BCUT2D eigenvalue weighted by atomic mass is 32.3. The zero-order valence-electron chi connectivity index (χ0n) is 16.4. The smallest absolute Gasteiger partial charge is 0.349 e. The van der Waals surface area contributed by atoms with Crippen molar-refractivity contribution in [2.45, 2.75) is 90.6 Å². The molecule has 1 aromatic heterocycles. The number of carbonyl (C=O) groups is 1. The Hall–Kier alpha value is -1.45. The summed E-state index contributed by atoms with van der Waals surface area (Å²) in [5, 5.41) is 8.98. The fourth-order valence-electron chi connectivity index (χ4n) is 2.68. The lowest BCUT2D eigenvalue weighted by molar-refractivity contribution is -0.697. The average molecular weight is 407 g/mol. The van der Waals surface area contributed by atoms with Crippen molar-refractivity contribution in [1.29, 1.82) is 0 Å². The van der Waals surface area contributed by atoms with Crippen LogP contribution in [0.15, 0.2) is 18.7 Å². The minimum absolute atomic E-state index is 0.492. The van der Waals surface area contributed by atoms with Gasteiger partial charge in [0.25, 0.3) is 0 Å². The molecule has 1 aromatic rings. The lowest BCUT2D eigenvalue weighted by Gasteiger charge is -2.02. The minimum atomic E-state index is -4.92. The van der Waals surface area contributed by atoms with E-state index in [-0.39, 0.29) is 0 Å². The number of unbranched alkanes of at least 4 members (excludes halogenated alkanes) is 9. The number of aliphatic carboxylic acids is 1. The highest BCUT2D eigenvalue weighted by Gasteiger charge is 2.18. The van der Waals surface area contributed by atoms with Crippen LogP contribution < -0.4 is 4.57 Å². The second-order valence-electron chi connectivity index (χ2n) is 6.72. The van der Waals surface area contributed by atoms with Crippen LogP contribution in [0.1, 0.15) is 84.1 Å². The molecule has 0 fully saturated rings. The van der Waals surface area contributed by atoms with Crippen LogP contribution in [-0.2, 0) is 21.7 Å². The molecule has 0 aliphatic carbocycles. The third-order valence-corrected chi connectivity index (χ3v) is 4.29. The quantitative estimate of drug-likeness (QED) is 0.224. The maximum absolute atomic E-state index is 10.9. The van der Waals surface area contributed by atoms with E-state index in [0.717, 1.165) is 6.54 Å². The molecule has 0 aromatic carbocycles. The van der Waals surface area contributed by atoms with E-state index in [1.165, 1.54) is 64.2 Å². The molecule has 8 nitrogen and oxygen atoms in total. The molecular formula is C18H34N2O6S. The predicted octanol–water partition coefficient (Wildman–Crippen LogP) is 3.35. The molecule has 27 heavy (non-hydrogen) atoms. The van der Waals surface area contributed by atoms with E-state index in [1.807, 2.05) is 18.7 Å². The number of hydrogen-bond donors (Lipinski definition) is 2. The Morgan fingerprint density at radius 2 is 1.52 bits per heavy atom. The summed E-state index contributed by atoms with van der Waals surface area (Å²) in [5.74, 6) is -0.790. The first-order valence-corrected chi connectivity index (χ1v) is 11.0. The van der Waals surface area contributed by atoms with Crippen LogP contribution in [0.25, 0.3) is 0 Å². The molecule has 0 aliphatic heterocycles. The third kappa shape index (κ3) is 16.4. The van der Waals surface area contributed by atoms with Gasteiger partial charge < -0.3 is 9.66 Å². The van der Waals surface area contributed by atoms with Crippen LogP contribution in [0.5, 0.6) is 0 Å². The van der Waals surface area contributed by atoms with Gasteiger partial charge in [-0.1, -0.05) is 58.3 Å². The van der Waals surface area contributed by atoms with Gasteiger partial charge in [-0.15, -0.1) is 0 Å². The second kappa shape index (κ2) is 14.6. The van der Waals surface area contributed by atoms with Gasteiger partial charge in [0.1, 0.15) is 12.4 Å². The summed E-state index contributed by atoms with van der Waals surface area (Å²) in [5.41, 5.74) is 0. The number of hydrogen-bond acceptors (Lipinski definition) is 4. The van der Waals surface area contributed by atoms with Gasteiger partial charge in [-0.2, -0.15) is 0 Å². The first-order valence-electron chi connectivity index (χ1n) is 9.62. The standard InChI is InChI=1S/C18H32N2O2.H2O4S/c1-3-4-5-6-7-8-9-10-11-12-13-19-14-15-20(16-19)17(2)18(21)22;1-5(2,3)4/h14-17H,3-13H2,1-2H3;(H2,1,2,3,4). The van der Waals surface area contributed by atoms with E-state index < -0.39 is 22.4 Å². The molecule has 9 heteroatoms. The molecule has 1 heterocycles. The highest BCUT2D eigenvalue weighted by Crippen LogP contribution is 2.10. The van der Waals surface area contributed by atoms with Crippen LogP contribution in [-0.4, -0.2) is 33.2 Å². The van der Waals surface area contributed by atoms with E-state index in [4.69, 9.17) is 22.6 Å². The summed E-state index contributed by atoms with van der Waals surface area (Å²) in [7, 11) is -4.92. The molecule has 2 N–H and O–H groups in total. The van der Waals surface area contributed by atoms with Gasteiger partial charge in [0, 0.05) is 0 Å². The molecule has 0 bridgehead atoms. The predicted molar refractivity (Wildman–Crippen MR) is 101 cm³/mol. The Morgan fingerprint density at radius 1 is 1.07 bits per heavy atom. The van der Waals surface area contributed by atoms with Crippen molar-refractivity contribution in [3.63, 3.8) is 0 Å². The average Bonchev–Trinajstić information content (AvgIpc) is 3.03. The summed E-state index contributed by atoms with van der Waals surface area (Å²) < 4.78 is 36.7. The SMILES string of the molecule is CCCCCCCCCCCC[n+]1ccn(C(C)C(=O)O)c1.O=S(=O)([O-])O. The van der Waals surface area contributed by atoms with Gasteiger partial charge in [-0.25, -0.2) is 22.3 Å². The van der Waals surface area contributed by atoms with Crippen molar-refractivity contribution < 1.29 is 32.0 Å². The van der Waals surface area contributed by atoms with E-state index >= 15 is 0 Å². The molecule has 1 atom stereocenters. The number of aryl methyl sites for hydroxylation is 1. The molecule has 0 spiro atoms. The van der Waals surface area contributed by atoms with Crippen LogP contribution in [0.2, 0.25) is 0 Å². The Kier molecular flexibility index (Phi) is 13.8. The molecule has 0 amide bonds. The summed E-state index contributed by atoms with van der Waals surface area (Å²) in [6.07, 6.45) is 19.1. The monoisotopic (exact) mass is 406 g/mol. The van der Waals surface area contributed by atoms with Crippen molar-refractivity contribution in [3.05, 3.63) is 18.7 Å². The van der Waals surface area contributed by atoms with E-state index in [9.17, 15) is 4.79 Å². The van der Waals surface area contributed by atoms with Crippen molar-refractivity contribution in [2.75, 3.05) is 0 Å². The first-order chi connectivity index (χ1) is 12.6. The van der Waals surface area contributed by atoms with Crippen LogP contribution in [0.4, 0.5) is 0 Å². The van der Waals surface area contributed by atoms with Gasteiger partial charge >= 0.3 is 5.97 Å². The molecule has 158 valence electrons. The highest BCUT2D eigenvalue weighted by molar-refractivity contribution is 7.79. The molecule has 0 aliphatic rings. The molecule has 0 radical (unpaired) electrons. The van der Waals surface area contributed by atoms with Crippen LogP contribution in [0.3, 0.4) is 0 Å². The fraction of sp³-hybridized carbons (Fsp3) is 0.778. The topological polar surface area (TPSA) is 124 Å². The number of imidazole rings is 1. The largest absolute Gasteiger partial charge is 0.726 e. The van der Waals surface area contributed by atoms with E-state index in [0.29, 0.717) is 0 Å². The summed E-state index contributed by atoms with van der Waals surface area (Å²) in [6.45, 7) is 4.94. The minimum Gasteiger partial charge on any atom is -0.726 e. The van der Waals surface area contributed by atoms with Gasteiger partial charge in [-0.05, 0) is 19.8 Å². The summed E-state index contributed by atoms with van der Waals surface area (Å²) >= 11 is 0. The Labute approximate surface area is 162 Å². The number of carboxylic acid groups (broad SMARTS) is 1. The van der Waals surface area contributed by atoms with Gasteiger partial charge in [0.15, 0.2) is 6.04 Å². The Morgan fingerprint density at radius 3 is 1.96 bits per heavy atom. The number of rotatable bonds is 13. The maximum Gasteiger partial charge on any atom is 0.349 e. The van der Waals surface area contributed by atoms with Gasteiger partial charge in [0.05, 0.1) is 6.54 Å². The van der Waals surface area contributed by atoms with Crippen LogP contribution in [0, 0.1) is 0 Å². The van der Waals surface area contributed by atoms with Crippen molar-refractivity contribution in [2.24, 2.45) is 0 Å².